The molecule has 0 saturated heterocycles. The summed E-state index contributed by atoms with van der Waals surface area (Å²) in [4.78, 5) is 13.5. The van der Waals surface area contributed by atoms with Crippen LogP contribution in [-0.4, -0.2) is 38.1 Å². The molecule has 0 heterocycles. The number of esters is 1. The topological polar surface area (TPSA) is 29.5 Å². The quantitative estimate of drug-likeness (QED) is 0.612. The zero-order valence-corrected chi connectivity index (χ0v) is 11.6. The van der Waals surface area contributed by atoms with Crippen LogP contribution in [0.1, 0.15) is 15.9 Å². The van der Waals surface area contributed by atoms with Crippen molar-refractivity contribution >= 4 is 30.0 Å². The third-order valence-corrected chi connectivity index (χ3v) is 2.42. The Balaban J connectivity index is 0.00000256. The first-order chi connectivity index (χ1) is 7.63. The average molecular weight is 278 g/mol. The first-order valence-corrected chi connectivity index (χ1v) is 5.63. The maximum Gasteiger partial charge on any atom is 0.338 e. The van der Waals surface area contributed by atoms with Crippen molar-refractivity contribution < 1.29 is 9.53 Å². The summed E-state index contributed by atoms with van der Waals surface area (Å²) in [5.41, 5.74) is 1.55. The number of likely N-dealkylation sites (N-methyl/N-ethyl adjacent to an activating group) is 1. The van der Waals surface area contributed by atoms with E-state index < -0.39 is 0 Å². The van der Waals surface area contributed by atoms with Crippen molar-refractivity contribution in [2.45, 2.75) is 5.88 Å². The second kappa shape index (κ2) is 8.34. The number of rotatable bonds is 5. The van der Waals surface area contributed by atoms with Crippen LogP contribution in [0.25, 0.3) is 0 Å². The molecular formula is C12H17Cl2NO2. The van der Waals surface area contributed by atoms with Crippen molar-refractivity contribution in [1.82, 2.24) is 4.90 Å². The van der Waals surface area contributed by atoms with Crippen LogP contribution >= 0.6 is 24.0 Å². The predicted octanol–water partition coefficient (Wildman–Crippen LogP) is 2.57. The van der Waals surface area contributed by atoms with Gasteiger partial charge in [-0.15, -0.1) is 24.0 Å². The van der Waals surface area contributed by atoms with Crippen molar-refractivity contribution in [3.05, 3.63) is 35.4 Å². The van der Waals surface area contributed by atoms with E-state index in [2.05, 4.69) is 0 Å². The molecule has 5 heteroatoms. The number of carbonyl (C=O) groups is 1. The molecule has 17 heavy (non-hydrogen) atoms. The Morgan fingerprint density at radius 3 is 2.35 bits per heavy atom. The molecule has 0 aliphatic heterocycles. The van der Waals surface area contributed by atoms with Gasteiger partial charge in [-0.2, -0.15) is 0 Å². The fourth-order valence-electron chi connectivity index (χ4n) is 1.13. The molecule has 0 unspecified atom stereocenters. The van der Waals surface area contributed by atoms with Crippen LogP contribution in [0.2, 0.25) is 0 Å². The Bertz CT molecular complexity index is 339. The van der Waals surface area contributed by atoms with E-state index in [1.807, 2.05) is 31.1 Å². The van der Waals surface area contributed by atoms with Crippen LogP contribution in [0.4, 0.5) is 0 Å². The maximum absolute atomic E-state index is 11.6. The van der Waals surface area contributed by atoms with Crippen LogP contribution in [0, 0.1) is 0 Å². The lowest BCUT2D eigenvalue weighted by Gasteiger charge is -2.09. The largest absolute Gasteiger partial charge is 0.461 e. The van der Waals surface area contributed by atoms with E-state index in [1.54, 1.807) is 12.1 Å². The van der Waals surface area contributed by atoms with Crippen molar-refractivity contribution in [2.75, 3.05) is 27.2 Å². The Morgan fingerprint density at radius 2 is 1.88 bits per heavy atom. The van der Waals surface area contributed by atoms with Gasteiger partial charge in [0.25, 0.3) is 0 Å². The van der Waals surface area contributed by atoms with Crippen molar-refractivity contribution in [1.29, 1.82) is 0 Å². The smallest absolute Gasteiger partial charge is 0.338 e. The zero-order chi connectivity index (χ0) is 12.0. The molecule has 1 aromatic rings. The second-order valence-electron chi connectivity index (χ2n) is 3.77. The number of hydrogen-bond donors (Lipinski definition) is 0. The van der Waals surface area contributed by atoms with Gasteiger partial charge in [0.2, 0.25) is 0 Å². The van der Waals surface area contributed by atoms with Crippen LogP contribution in [0.15, 0.2) is 24.3 Å². The van der Waals surface area contributed by atoms with Gasteiger partial charge in [0.05, 0.1) is 5.56 Å². The minimum absolute atomic E-state index is 0. The summed E-state index contributed by atoms with van der Waals surface area (Å²) in [6.07, 6.45) is 0. The van der Waals surface area contributed by atoms with E-state index in [-0.39, 0.29) is 18.4 Å². The molecule has 0 atom stereocenters. The molecule has 0 fully saturated rings. The minimum Gasteiger partial charge on any atom is -0.461 e. The summed E-state index contributed by atoms with van der Waals surface area (Å²) < 4.78 is 5.10. The van der Waals surface area contributed by atoms with Gasteiger partial charge >= 0.3 is 5.97 Å². The fraction of sp³-hybridized carbons (Fsp3) is 0.417. The minimum atomic E-state index is -0.289. The molecule has 96 valence electrons. The molecule has 0 aromatic heterocycles. The van der Waals surface area contributed by atoms with Crippen LogP contribution < -0.4 is 0 Å². The van der Waals surface area contributed by atoms with Crippen molar-refractivity contribution in [3.8, 4) is 0 Å². The number of alkyl halides is 1. The van der Waals surface area contributed by atoms with Crippen molar-refractivity contribution in [3.63, 3.8) is 0 Å². The third-order valence-electron chi connectivity index (χ3n) is 2.12. The number of ether oxygens (including phenoxy) is 1. The molecule has 0 bridgehead atoms. The first kappa shape index (κ1) is 16.2. The summed E-state index contributed by atoms with van der Waals surface area (Å²) in [5.74, 6) is 0.165. The fourth-order valence-corrected chi connectivity index (χ4v) is 1.31. The lowest BCUT2D eigenvalue weighted by atomic mass is 10.1. The van der Waals surface area contributed by atoms with Gasteiger partial charge in [-0.1, -0.05) is 12.1 Å². The lowest BCUT2D eigenvalue weighted by molar-refractivity contribution is 0.0482. The molecule has 0 aliphatic rings. The summed E-state index contributed by atoms with van der Waals surface area (Å²) in [6.45, 7) is 1.13. The summed E-state index contributed by atoms with van der Waals surface area (Å²) in [5, 5.41) is 0. The van der Waals surface area contributed by atoms with E-state index in [1.165, 1.54) is 0 Å². The maximum atomic E-state index is 11.6. The predicted molar refractivity (Wildman–Crippen MR) is 72.1 cm³/mol. The molecule has 3 nitrogen and oxygen atoms in total. The van der Waals surface area contributed by atoms with Crippen LogP contribution in [0.5, 0.6) is 0 Å². The van der Waals surface area contributed by atoms with Gasteiger partial charge in [0.1, 0.15) is 6.61 Å². The summed E-state index contributed by atoms with van der Waals surface area (Å²) in [6, 6.07) is 7.12. The van der Waals surface area contributed by atoms with Crippen LogP contribution in [0.3, 0.4) is 0 Å². The number of halogens is 2. The van der Waals surface area contributed by atoms with Gasteiger partial charge in [0, 0.05) is 12.4 Å². The molecule has 0 radical (unpaired) electrons. The van der Waals surface area contributed by atoms with Crippen LogP contribution in [-0.2, 0) is 10.6 Å². The van der Waals surface area contributed by atoms with Gasteiger partial charge in [-0.05, 0) is 31.8 Å². The van der Waals surface area contributed by atoms with Gasteiger partial charge < -0.3 is 9.64 Å². The second-order valence-corrected chi connectivity index (χ2v) is 4.04. The molecule has 0 amide bonds. The Hall–Kier alpha value is -0.770. The monoisotopic (exact) mass is 277 g/mol. The van der Waals surface area contributed by atoms with Gasteiger partial charge in [-0.3, -0.25) is 0 Å². The Morgan fingerprint density at radius 1 is 1.29 bits per heavy atom. The summed E-state index contributed by atoms with van der Waals surface area (Å²) in [7, 11) is 3.87. The molecule has 1 rings (SSSR count). The molecular weight excluding hydrogens is 261 g/mol. The Kier molecular flexibility index (Phi) is 7.96. The number of carbonyl (C=O) groups excluding carboxylic acids is 1. The third kappa shape index (κ3) is 5.91. The van der Waals surface area contributed by atoms with E-state index in [0.29, 0.717) is 18.1 Å². The Labute approximate surface area is 113 Å². The standard InChI is InChI=1S/C12H16ClNO2.ClH/c1-14(2)7-8-16-12(15)11-5-3-10(9-13)4-6-11;/h3-6H,7-9H2,1-2H3;1H. The highest BCUT2D eigenvalue weighted by Gasteiger charge is 2.06. The SMILES string of the molecule is CN(C)CCOC(=O)c1ccc(CCl)cc1.Cl. The lowest BCUT2D eigenvalue weighted by Crippen LogP contribution is -2.20. The highest BCUT2D eigenvalue weighted by Crippen LogP contribution is 2.07. The number of benzene rings is 1. The van der Waals surface area contributed by atoms with E-state index >= 15 is 0 Å². The number of hydrogen-bond acceptors (Lipinski definition) is 3. The summed E-state index contributed by atoms with van der Waals surface area (Å²) >= 11 is 5.66. The molecule has 0 aliphatic carbocycles. The van der Waals surface area contributed by atoms with E-state index in [4.69, 9.17) is 16.3 Å². The van der Waals surface area contributed by atoms with Crippen molar-refractivity contribution in [2.24, 2.45) is 0 Å². The normalized spacial score (nSPS) is 9.88. The van der Waals surface area contributed by atoms with E-state index in [9.17, 15) is 4.79 Å². The average Bonchev–Trinajstić information content (AvgIpc) is 2.28. The van der Waals surface area contributed by atoms with E-state index in [0.717, 1.165) is 12.1 Å². The first-order valence-electron chi connectivity index (χ1n) is 5.10. The van der Waals surface area contributed by atoms with Gasteiger partial charge in [0.15, 0.2) is 0 Å². The molecule has 0 saturated carbocycles. The van der Waals surface area contributed by atoms with Gasteiger partial charge in [-0.25, -0.2) is 4.79 Å². The number of nitrogens with zero attached hydrogens (tertiary/aromatic N) is 1. The highest BCUT2D eigenvalue weighted by atomic mass is 35.5. The highest BCUT2D eigenvalue weighted by molar-refractivity contribution is 6.17. The molecule has 0 N–H and O–H groups in total. The zero-order valence-electron chi connectivity index (χ0n) is 9.98. The molecule has 1 aromatic carbocycles. The molecule has 0 spiro atoms.